The van der Waals surface area contributed by atoms with Gasteiger partial charge in [-0.2, -0.15) is 0 Å². The van der Waals surface area contributed by atoms with E-state index in [2.05, 4.69) is 40.7 Å². The van der Waals surface area contributed by atoms with Crippen LogP contribution in [0.2, 0.25) is 0 Å². The summed E-state index contributed by atoms with van der Waals surface area (Å²) in [5.74, 6) is 2.29. The summed E-state index contributed by atoms with van der Waals surface area (Å²) < 4.78 is 16.7. The first-order valence-electron chi connectivity index (χ1n) is 8.97. The zero-order valence-corrected chi connectivity index (χ0v) is 16.2. The van der Waals surface area contributed by atoms with E-state index in [9.17, 15) is 0 Å². The van der Waals surface area contributed by atoms with Crippen LogP contribution < -0.4 is 14.4 Å². The average molecular weight is 360 g/mol. The molecule has 3 rings (SSSR count). The van der Waals surface area contributed by atoms with Gasteiger partial charge in [-0.15, -0.1) is 0 Å². The van der Waals surface area contributed by atoms with E-state index in [1.165, 1.54) is 0 Å². The number of hydrogen-bond acceptors (Lipinski definition) is 7. The molecule has 2 atom stereocenters. The maximum atomic E-state index is 5.81. The highest BCUT2D eigenvalue weighted by Crippen LogP contribution is 2.33. The number of rotatable bonds is 6. The fourth-order valence-corrected chi connectivity index (χ4v) is 3.54. The normalized spacial score (nSPS) is 21.0. The molecule has 0 unspecified atom stereocenters. The van der Waals surface area contributed by atoms with Crippen LogP contribution in [0, 0.1) is 0 Å². The number of aromatic nitrogens is 2. The largest absolute Gasteiger partial charge is 0.497 e. The van der Waals surface area contributed by atoms with Gasteiger partial charge in [-0.05, 0) is 19.9 Å². The number of ether oxygens (including phenoxy) is 3. The second-order valence-corrected chi connectivity index (χ2v) is 6.86. The van der Waals surface area contributed by atoms with E-state index < -0.39 is 0 Å². The third kappa shape index (κ3) is 3.99. The van der Waals surface area contributed by atoms with Crippen LogP contribution in [0.1, 0.15) is 13.8 Å². The minimum absolute atomic E-state index is 0.275. The van der Waals surface area contributed by atoms with Crippen molar-refractivity contribution in [3.8, 4) is 11.5 Å². The molecular formula is C19H28N4O3. The SMILES string of the molecule is COc1cc(OC)c2ncnc(N(C)CCN3C[C@@H](C)O[C@@H](C)C3)c2c1. The van der Waals surface area contributed by atoms with Gasteiger partial charge in [0.2, 0.25) is 0 Å². The third-order valence-corrected chi connectivity index (χ3v) is 4.72. The molecule has 0 amide bonds. The molecule has 1 aliphatic heterocycles. The van der Waals surface area contributed by atoms with Crippen molar-refractivity contribution < 1.29 is 14.2 Å². The van der Waals surface area contributed by atoms with Gasteiger partial charge in [-0.25, -0.2) is 9.97 Å². The van der Waals surface area contributed by atoms with Crippen LogP contribution in [0.5, 0.6) is 11.5 Å². The summed E-state index contributed by atoms with van der Waals surface area (Å²) in [6.45, 7) is 8.01. The molecule has 1 fully saturated rings. The Morgan fingerprint density at radius 3 is 2.54 bits per heavy atom. The molecule has 7 heteroatoms. The molecule has 1 saturated heterocycles. The summed E-state index contributed by atoms with van der Waals surface area (Å²) in [6, 6.07) is 3.80. The van der Waals surface area contributed by atoms with Gasteiger partial charge >= 0.3 is 0 Å². The van der Waals surface area contributed by atoms with Crippen molar-refractivity contribution in [1.82, 2.24) is 14.9 Å². The van der Waals surface area contributed by atoms with Gasteiger partial charge < -0.3 is 19.1 Å². The minimum atomic E-state index is 0.275. The van der Waals surface area contributed by atoms with E-state index in [-0.39, 0.29) is 12.2 Å². The smallest absolute Gasteiger partial charge is 0.148 e. The molecular weight excluding hydrogens is 332 g/mol. The Kier molecular flexibility index (Phi) is 5.78. The topological polar surface area (TPSA) is 60.0 Å². The fraction of sp³-hybridized carbons (Fsp3) is 0.579. The molecule has 1 aromatic carbocycles. The molecule has 7 nitrogen and oxygen atoms in total. The van der Waals surface area contributed by atoms with Gasteiger partial charge in [0.1, 0.15) is 29.2 Å². The maximum absolute atomic E-state index is 5.81. The van der Waals surface area contributed by atoms with Crippen LogP contribution in [-0.4, -0.2) is 74.5 Å². The second kappa shape index (κ2) is 8.05. The second-order valence-electron chi connectivity index (χ2n) is 6.86. The van der Waals surface area contributed by atoms with Crippen LogP contribution in [-0.2, 0) is 4.74 Å². The molecule has 26 heavy (non-hydrogen) atoms. The lowest BCUT2D eigenvalue weighted by Gasteiger charge is -2.36. The van der Waals surface area contributed by atoms with E-state index in [0.717, 1.165) is 48.6 Å². The Bertz CT molecular complexity index is 745. The predicted octanol–water partition coefficient (Wildman–Crippen LogP) is 2.19. The molecule has 0 radical (unpaired) electrons. The number of hydrogen-bond donors (Lipinski definition) is 0. The van der Waals surface area contributed by atoms with Gasteiger partial charge in [-0.1, -0.05) is 0 Å². The van der Waals surface area contributed by atoms with Crippen molar-refractivity contribution >= 4 is 16.7 Å². The minimum Gasteiger partial charge on any atom is -0.497 e. The van der Waals surface area contributed by atoms with Crippen LogP contribution in [0.25, 0.3) is 10.9 Å². The zero-order valence-electron chi connectivity index (χ0n) is 16.2. The van der Waals surface area contributed by atoms with Crippen molar-refractivity contribution in [2.75, 3.05) is 52.3 Å². The van der Waals surface area contributed by atoms with Gasteiger partial charge in [-0.3, -0.25) is 4.90 Å². The van der Waals surface area contributed by atoms with Crippen LogP contribution in [0.15, 0.2) is 18.5 Å². The van der Waals surface area contributed by atoms with E-state index >= 15 is 0 Å². The maximum Gasteiger partial charge on any atom is 0.148 e. The quantitative estimate of drug-likeness (QED) is 0.782. The van der Waals surface area contributed by atoms with E-state index in [1.54, 1.807) is 20.5 Å². The summed E-state index contributed by atoms with van der Waals surface area (Å²) >= 11 is 0. The van der Waals surface area contributed by atoms with E-state index in [1.807, 2.05) is 12.1 Å². The van der Waals surface area contributed by atoms with Crippen LogP contribution >= 0.6 is 0 Å². The highest BCUT2D eigenvalue weighted by molar-refractivity contribution is 5.94. The summed E-state index contributed by atoms with van der Waals surface area (Å²) in [7, 11) is 5.34. The van der Waals surface area contributed by atoms with Crippen LogP contribution in [0.3, 0.4) is 0 Å². The van der Waals surface area contributed by atoms with Gasteiger partial charge in [0.25, 0.3) is 0 Å². The number of fused-ring (bicyclic) bond motifs is 1. The molecule has 0 bridgehead atoms. The standard InChI is InChI=1S/C19H28N4O3/c1-13-10-23(11-14(2)26-13)7-6-22(3)19-16-8-15(24-4)9-17(25-5)18(16)20-12-21-19/h8-9,12-14H,6-7,10-11H2,1-5H3/t13-,14+. The molecule has 2 heterocycles. The summed E-state index contributed by atoms with van der Waals surface area (Å²) in [4.78, 5) is 13.5. The summed E-state index contributed by atoms with van der Waals surface area (Å²) in [5.41, 5.74) is 0.791. The lowest BCUT2D eigenvalue weighted by Crippen LogP contribution is -2.47. The number of benzene rings is 1. The molecule has 0 spiro atoms. The van der Waals surface area contributed by atoms with Crippen molar-refractivity contribution in [2.45, 2.75) is 26.1 Å². The monoisotopic (exact) mass is 360 g/mol. The average Bonchev–Trinajstić information content (AvgIpc) is 2.63. The Morgan fingerprint density at radius 1 is 1.15 bits per heavy atom. The Labute approximate surface area is 154 Å². The molecule has 0 N–H and O–H groups in total. The van der Waals surface area contributed by atoms with Crippen molar-refractivity contribution in [3.63, 3.8) is 0 Å². The Balaban J connectivity index is 1.80. The van der Waals surface area contributed by atoms with E-state index in [0.29, 0.717) is 5.75 Å². The van der Waals surface area contributed by atoms with Gasteiger partial charge in [0.15, 0.2) is 0 Å². The first kappa shape index (κ1) is 18.7. The summed E-state index contributed by atoms with van der Waals surface area (Å²) in [5, 5.41) is 0.926. The lowest BCUT2D eigenvalue weighted by molar-refractivity contribution is -0.0670. The van der Waals surface area contributed by atoms with Crippen LogP contribution in [0.4, 0.5) is 5.82 Å². The summed E-state index contributed by atoms with van der Waals surface area (Å²) in [6.07, 6.45) is 2.14. The molecule has 1 aromatic heterocycles. The molecule has 1 aliphatic rings. The lowest BCUT2D eigenvalue weighted by atomic mass is 10.2. The number of nitrogens with zero attached hydrogens (tertiary/aromatic N) is 4. The number of morpholine rings is 1. The Morgan fingerprint density at radius 2 is 1.88 bits per heavy atom. The highest BCUT2D eigenvalue weighted by atomic mass is 16.5. The third-order valence-electron chi connectivity index (χ3n) is 4.72. The van der Waals surface area contributed by atoms with Crippen molar-refractivity contribution in [1.29, 1.82) is 0 Å². The van der Waals surface area contributed by atoms with Crippen molar-refractivity contribution in [2.24, 2.45) is 0 Å². The number of anilines is 1. The Hall–Kier alpha value is -2.12. The first-order valence-corrected chi connectivity index (χ1v) is 8.97. The first-order chi connectivity index (χ1) is 12.5. The van der Waals surface area contributed by atoms with Crippen molar-refractivity contribution in [3.05, 3.63) is 18.5 Å². The molecule has 0 aliphatic carbocycles. The highest BCUT2D eigenvalue weighted by Gasteiger charge is 2.22. The van der Waals surface area contributed by atoms with E-state index in [4.69, 9.17) is 14.2 Å². The van der Waals surface area contributed by atoms with Gasteiger partial charge in [0, 0.05) is 39.3 Å². The molecule has 2 aromatic rings. The number of methoxy groups -OCH3 is 2. The zero-order chi connectivity index (χ0) is 18.7. The van der Waals surface area contributed by atoms with Gasteiger partial charge in [0.05, 0.1) is 31.8 Å². The number of likely N-dealkylation sites (N-methyl/N-ethyl adjacent to an activating group) is 1. The fourth-order valence-electron chi connectivity index (χ4n) is 3.54. The molecule has 0 saturated carbocycles. The predicted molar refractivity (Wildman–Crippen MR) is 102 cm³/mol. The molecule has 142 valence electrons.